The third-order valence-corrected chi connectivity index (χ3v) is 16.3. The zero-order chi connectivity index (χ0) is 59.2. The van der Waals surface area contributed by atoms with Crippen molar-refractivity contribution in [3.8, 4) is 0 Å². The van der Waals surface area contributed by atoms with E-state index in [4.69, 9.17) is 14.2 Å². The number of hydrogen-bond donors (Lipinski definition) is 0. The van der Waals surface area contributed by atoms with Gasteiger partial charge in [0.1, 0.15) is 13.2 Å². The molecule has 0 spiro atoms. The van der Waals surface area contributed by atoms with Gasteiger partial charge in [0.15, 0.2) is 6.10 Å². The maximum Gasteiger partial charge on any atom is 0.306 e. The summed E-state index contributed by atoms with van der Waals surface area (Å²) in [5.41, 5.74) is 0. The minimum atomic E-state index is -0.784. The van der Waals surface area contributed by atoms with Gasteiger partial charge in [-0.05, 0) is 83.5 Å². The third kappa shape index (κ3) is 67.9. The molecule has 0 aromatic rings. The molecule has 0 aromatic heterocycles. The van der Waals surface area contributed by atoms with E-state index in [1.54, 1.807) is 0 Å². The van der Waals surface area contributed by atoms with Crippen LogP contribution in [0.15, 0.2) is 60.8 Å². The molecule has 0 bridgehead atoms. The predicted octanol–water partition coefficient (Wildman–Crippen LogP) is 25.1. The number of carbonyl (C=O) groups is 3. The van der Waals surface area contributed by atoms with E-state index in [2.05, 4.69) is 81.5 Å². The molecule has 0 aromatic carbocycles. The van der Waals surface area contributed by atoms with E-state index in [1.165, 1.54) is 250 Å². The third-order valence-electron chi connectivity index (χ3n) is 16.3. The second-order valence-electron chi connectivity index (χ2n) is 24.5. The van der Waals surface area contributed by atoms with E-state index >= 15 is 0 Å². The zero-order valence-corrected chi connectivity index (χ0v) is 55.0. The van der Waals surface area contributed by atoms with Gasteiger partial charge in [0.25, 0.3) is 0 Å². The summed E-state index contributed by atoms with van der Waals surface area (Å²) in [4.78, 5) is 38.5. The van der Waals surface area contributed by atoms with E-state index < -0.39 is 6.10 Å². The van der Waals surface area contributed by atoms with Crippen LogP contribution in [0.2, 0.25) is 0 Å². The summed E-state index contributed by atoms with van der Waals surface area (Å²) in [7, 11) is 0. The predicted molar refractivity (Wildman–Crippen MR) is 358 cm³/mol. The van der Waals surface area contributed by atoms with Gasteiger partial charge in [0.05, 0.1) is 0 Å². The number of allylic oxidation sites excluding steroid dienone is 10. The lowest BCUT2D eigenvalue weighted by Gasteiger charge is -2.18. The smallest absolute Gasteiger partial charge is 0.306 e. The Bertz CT molecular complexity index is 1460. The first-order chi connectivity index (χ1) is 40.5. The van der Waals surface area contributed by atoms with Crippen LogP contribution in [0.1, 0.15) is 387 Å². The highest BCUT2D eigenvalue weighted by atomic mass is 16.6. The van der Waals surface area contributed by atoms with E-state index in [9.17, 15) is 14.4 Å². The fourth-order valence-electron chi connectivity index (χ4n) is 10.8. The van der Waals surface area contributed by atoms with Gasteiger partial charge >= 0.3 is 17.9 Å². The van der Waals surface area contributed by atoms with Crippen LogP contribution in [-0.2, 0) is 28.6 Å². The number of carbonyl (C=O) groups excluding carboxylic acids is 3. The summed E-state index contributed by atoms with van der Waals surface area (Å²) in [6, 6.07) is 0. The lowest BCUT2D eigenvalue weighted by molar-refractivity contribution is -0.167. The number of unbranched alkanes of at least 4 members (excludes halogenated alkanes) is 46. The molecule has 0 rings (SSSR count). The molecule has 0 aliphatic carbocycles. The molecule has 0 fully saturated rings. The molecule has 6 heteroatoms. The van der Waals surface area contributed by atoms with Gasteiger partial charge < -0.3 is 14.2 Å². The van der Waals surface area contributed by atoms with Crippen LogP contribution in [0.25, 0.3) is 0 Å². The highest BCUT2D eigenvalue weighted by molar-refractivity contribution is 5.71. The van der Waals surface area contributed by atoms with Crippen LogP contribution in [0, 0.1) is 0 Å². The summed E-state index contributed by atoms with van der Waals surface area (Å²) < 4.78 is 17.0. The van der Waals surface area contributed by atoms with Crippen LogP contribution >= 0.6 is 0 Å². The van der Waals surface area contributed by atoms with Crippen LogP contribution in [0.3, 0.4) is 0 Å². The van der Waals surface area contributed by atoms with E-state index in [0.29, 0.717) is 19.3 Å². The van der Waals surface area contributed by atoms with Crippen molar-refractivity contribution in [1.29, 1.82) is 0 Å². The molecule has 0 saturated heterocycles. The maximum atomic E-state index is 12.9. The quantitative estimate of drug-likeness (QED) is 0.0261. The van der Waals surface area contributed by atoms with Crippen molar-refractivity contribution >= 4 is 17.9 Å². The van der Waals surface area contributed by atoms with Crippen molar-refractivity contribution in [2.75, 3.05) is 13.2 Å². The molecule has 82 heavy (non-hydrogen) atoms. The highest BCUT2D eigenvalue weighted by Crippen LogP contribution is 2.19. The molecular weight excluding hydrogens is 1010 g/mol. The van der Waals surface area contributed by atoms with Gasteiger partial charge in [0.2, 0.25) is 0 Å². The molecule has 0 radical (unpaired) electrons. The van der Waals surface area contributed by atoms with E-state index in [0.717, 1.165) is 96.3 Å². The zero-order valence-electron chi connectivity index (χ0n) is 55.0. The molecule has 1 unspecified atom stereocenters. The Morgan fingerprint density at radius 3 is 0.768 bits per heavy atom. The summed E-state index contributed by atoms with van der Waals surface area (Å²) >= 11 is 0. The van der Waals surface area contributed by atoms with Gasteiger partial charge in [-0.25, -0.2) is 0 Å². The number of ether oxygens (including phenoxy) is 3. The Morgan fingerprint density at radius 1 is 0.256 bits per heavy atom. The van der Waals surface area contributed by atoms with Crippen molar-refractivity contribution in [2.45, 2.75) is 393 Å². The average Bonchev–Trinajstić information content (AvgIpc) is 3.47. The number of hydrogen-bond acceptors (Lipinski definition) is 6. The molecule has 0 heterocycles. The van der Waals surface area contributed by atoms with Crippen molar-refractivity contribution < 1.29 is 28.6 Å². The minimum absolute atomic E-state index is 0.0774. The number of esters is 3. The van der Waals surface area contributed by atoms with E-state index in [1.807, 2.05) is 0 Å². The summed E-state index contributed by atoms with van der Waals surface area (Å²) in [6.45, 7) is 6.56. The molecule has 0 saturated carbocycles. The second kappa shape index (κ2) is 70.6. The summed E-state index contributed by atoms with van der Waals surface area (Å²) in [6.07, 6.45) is 91.2. The largest absolute Gasteiger partial charge is 0.462 e. The van der Waals surface area contributed by atoms with E-state index in [-0.39, 0.29) is 31.1 Å². The second-order valence-corrected chi connectivity index (χ2v) is 24.5. The normalized spacial score (nSPS) is 12.4. The Kier molecular flexibility index (Phi) is 68.1. The Hall–Kier alpha value is -2.89. The van der Waals surface area contributed by atoms with Crippen LogP contribution in [0.4, 0.5) is 0 Å². The lowest BCUT2D eigenvalue weighted by Crippen LogP contribution is -2.30. The molecule has 6 nitrogen and oxygen atoms in total. The van der Waals surface area contributed by atoms with Crippen molar-refractivity contribution in [3.05, 3.63) is 60.8 Å². The summed E-state index contributed by atoms with van der Waals surface area (Å²) in [5, 5.41) is 0. The van der Waals surface area contributed by atoms with Crippen molar-refractivity contribution in [1.82, 2.24) is 0 Å². The summed E-state index contributed by atoms with van der Waals surface area (Å²) in [5.74, 6) is -0.872. The lowest BCUT2D eigenvalue weighted by atomic mass is 10.0. The molecule has 0 N–H and O–H groups in total. The number of rotatable bonds is 67. The highest BCUT2D eigenvalue weighted by Gasteiger charge is 2.19. The first-order valence-electron chi connectivity index (χ1n) is 36.3. The van der Waals surface area contributed by atoms with Gasteiger partial charge in [0, 0.05) is 19.3 Å². The maximum absolute atomic E-state index is 12.9. The average molecular weight is 1150 g/mol. The monoisotopic (exact) mass is 1150 g/mol. The Balaban J connectivity index is 4.21. The SMILES string of the molecule is CC/C=C\C/C=C\C/C=C\CCCCCCCCCC(=O)OC(COC(=O)CCCCCCCCC/C=C\C/C=C\CCCCC)COC(=O)CCCCCCCCCCCCCCCCCCCCCCCCCCCCCCCC. The van der Waals surface area contributed by atoms with Gasteiger partial charge in [-0.1, -0.05) is 345 Å². The molecular formula is C76H138O6. The molecule has 478 valence electrons. The fraction of sp³-hybridized carbons (Fsp3) is 0.829. The first kappa shape index (κ1) is 79.1. The van der Waals surface area contributed by atoms with Gasteiger partial charge in [-0.3, -0.25) is 14.4 Å². The standard InChI is InChI=1S/C76H138O6/c1-4-7-10-13-16-19-22-25-28-31-32-33-34-35-36-37-38-39-40-41-42-43-46-48-51-54-57-60-63-66-69-75(78)81-72-73(82-76(79)70-67-64-61-58-55-52-49-45-30-27-24-21-18-15-12-9-6-3)71-80-74(77)68-65-62-59-56-53-50-47-44-29-26-23-20-17-14-11-8-5-2/h9,12,17-18,20-21,26-27,29-30,73H,4-8,10-11,13-16,19,22-25,28,31-72H2,1-3H3/b12-9-,20-17-,21-18-,29-26-,30-27-. The molecule has 0 aliphatic heterocycles. The minimum Gasteiger partial charge on any atom is -0.462 e. The van der Waals surface area contributed by atoms with Crippen LogP contribution < -0.4 is 0 Å². The Labute approximate surface area is 510 Å². The van der Waals surface area contributed by atoms with Gasteiger partial charge in [-0.2, -0.15) is 0 Å². The van der Waals surface area contributed by atoms with Crippen LogP contribution in [-0.4, -0.2) is 37.2 Å². The van der Waals surface area contributed by atoms with Crippen molar-refractivity contribution in [3.63, 3.8) is 0 Å². The van der Waals surface area contributed by atoms with Gasteiger partial charge in [-0.15, -0.1) is 0 Å². The molecule has 0 amide bonds. The Morgan fingerprint density at radius 2 is 0.476 bits per heavy atom. The molecule has 1 atom stereocenters. The van der Waals surface area contributed by atoms with Crippen LogP contribution in [0.5, 0.6) is 0 Å². The fourth-order valence-corrected chi connectivity index (χ4v) is 10.8. The van der Waals surface area contributed by atoms with Crippen molar-refractivity contribution in [2.24, 2.45) is 0 Å². The topological polar surface area (TPSA) is 78.9 Å². The molecule has 0 aliphatic rings. The first-order valence-corrected chi connectivity index (χ1v) is 36.3.